The van der Waals surface area contributed by atoms with E-state index < -0.39 is 17.5 Å². The van der Waals surface area contributed by atoms with Crippen LogP contribution in [0.3, 0.4) is 0 Å². The van der Waals surface area contributed by atoms with Crippen LogP contribution in [-0.4, -0.2) is 107 Å². The molecule has 1 aromatic carbocycles. The number of carbonyl (C=O) groups is 1. The summed E-state index contributed by atoms with van der Waals surface area (Å²) >= 11 is 6.65. The summed E-state index contributed by atoms with van der Waals surface area (Å²) in [7, 11) is 3.30. The Labute approximate surface area is 305 Å². The first-order valence-electron chi connectivity index (χ1n) is 18.4. The van der Waals surface area contributed by atoms with E-state index in [0.717, 1.165) is 57.9 Å². The molecular weight excluding hydrogens is 691 g/mol. The Hall–Kier alpha value is -4.01. The molecule has 276 valence electrons. The molecule has 3 saturated heterocycles. The van der Waals surface area contributed by atoms with Gasteiger partial charge in [-0.05, 0) is 76.5 Å². The highest BCUT2D eigenvalue weighted by atomic mass is 35.5. The molecule has 5 fully saturated rings. The molecule has 0 bridgehead atoms. The molecule has 3 aromatic heterocycles. The molecule has 2 saturated carbocycles. The molecule has 3 atom stereocenters. The predicted octanol–water partition coefficient (Wildman–Crippen LogP) is 5.95. The number of nitrogens with zero attached hydrogens (tertiary/aromatic N) is 6. The fourth-order valence-electron chi connectivity index (χ4n) is 9.77. The van der Waals surface area contributed by atoms with Crippen molar-refractivity contribution >= 4 is 45.3 Å². The fraction of sp³-hybridized carbons (Fsp3) is 0.595. The van der Waals surface area contributed by atoms with Crippen molar-refractivity contribution in [1.82, 2.24) is 35.4 Å². The monoisotopic (exact) mass is 734 g/mol. The number of alkyl carbamates (subject to hydrolysis) is 1. The summed E-state index contributed by atoms with van der Waals surface area (Å²) in [5.74, 6) is -0.0486. The van der Waals surface area contributed by atoms with E-state index in [1.165, 1.54) is 7.11 Å². The van der Waals surface area contributed by atoms with Gasteiger partial charge in [0.25, 0.3) is 0 Å². The number of ether oxygens (including phenoxy) is 4. The van der Waals surface area contributed by atoms with Crippen LogP contribution in [0.5, 0.6) is 11.9 Å². The van der Waals surface area contributed by atoms with E-state index in [1.54, 1.807) is 19.4 Å². The van der Waals surface area contributed by atoms with Crippen LogP contribution in [-0.2, 0) is 9.47 Å². The normalized spacial score (nSPS) is 29.0. The standard InChI is InChI=1S/C37H44ClFN8O5/c1-20-24(38)15-25-23(16-41-45-25)27(20)30-29(39)31-28(33(42-30)50-3)32(46-11-6-10-37(18-46)17-40-35(48)52-37)44-34(43-31)51-19-36-8-4-7-26(36)47(12-5-9-36)21-13-22(14-21)49-2/h15-16,21-22,26H,4-14,17-19H2,1-3H3,(H,40,48)(H,41,45). The van der Waals surface area contributed by atoms with E-state index in [0.29, 0.717) is 89.1 Å². The Morgan fingerprint density at radius 1 is 1.12 bits per heavy atom. The summed E-state index contributed by atoms with van der Waals surface area (Å²) in [6.07, 6.45) is 10.6. The van der Waals surface area contributed by atoms with Gasteiger partial charge in [-0.15, -0.1) is 0 Å². The number of aromatic amines is 1. The number of carbonyl (C=O) groups excluding carboxylic acids is 1. The number of amides is 1. The smallest absolute Gasteiger partial charge is 0.407 e. The third-order valence-corrected chi connectivity index (χ3v) is 12.9. The second-order valence-electron chi connectivity index (χ2n) is 15.4. The summed E-state index contributed by atoms with van der Waals surface area (Å²) in [6, 6.07) is 2.81. The van der Waals surface area contributed by atoms with Gasteiger partial charge in [0.2, 0.25) is 5.88 Å². The van der Waals surface area contributed by atoms with E-state index in [1.807, 2.05) is 11.8 Å². The lowest BCUT2D eigenvalue weighted by Gasteiger charge is -2.53. The number of halogens is 2. The quantitative estimate of drug-likeness (QED) is 0.222. The van der Waals surface area contributed by atoms with Crippen LogP contribution in [0.15, 0.2) is 12.3 Å². The Bertz CT molecular complexity index is 2060. The molecular formula is C37H44ClFN8O5. The van der Waals surface area contributed by atoms with Crippen molar-refractivity contribution in [1.29, 1.82) is 0 Å². The van der Waals surface area contributed by atoms with Gasteiger partial charge in [-0.1, -0.05) is 18.0 Å². The molecule has 1 amide bonds. The summed E-state index contributed by atoms with van der Waals surface area (Å²) in [5.41, 5.74) is 1.11. The second-order valence-corrected chi connectivity index (χ2v) is 15.8. The lowest BCUT2D eigenvalue weighted by atomic mass is 9.73. The average molecular weight is 735 g/mol. The number of nitrogens with one attached hydrogen (secondary N) is 2. The van der Waals surface area contributed by atoms with E-state index in [-0.39, 0.29) is 28.5 Å². The Kier molecular flexibility index (Phi) is 8.34. The Morgan fingerprint density at radius 3 is 2.73 bits per heavy atom. The van der Waals surface area contributed by atoms with E-state index in [9.17, 15) is 4.79 Å². The number of fused-ring (bicyclic) bond motifs is 3. The summed E-state index contributed by atoms with van der Waals surface area (Å²) in [4.78, 5) is 31.5. The minimum Gasteiger partial charge on any atom is -0.480 e. The highest BCUT2D eigenvalue weighted by Crippen LogP contribution is 2.51. The number of piperidine rings is 2. The lowest BCUT2D eigenvalue weighted by molar-refractivity contribution is -0.0845. The van der Waals surface area contributed by atoms with Crippen LogP contribution >= 0.6 is 11.6 Å². The largest absolute Gasteiger partial charge is 0.480 e. The second kappa shape index (κ2) is 12.8. The van der Waals surface area contributed by atoms with Crippen LogP contribution in [0, 0.1) is 18.2 Å². The zero-order chi connectivity index (χ0) is 35.8. The maximum Gasteiger partial charge on any atom is 0.407 e. The number of pyridine rings is 1. The number of hydrogen-bond acceptors (Lipinski definition) is 11. The first-order valence-corrected chi connectivity index (χ1v) is 18.8. The molecule has 52 heavy (non-hydrogen) atoms. The SMILES string of the molecule is COc1nc(-c2c(C)c(Cl)cc3[nH]ncc23)c(F)c2nc(OCC34CCCC3N(C3CC(OC)C3)CCC4)nc(N3CCCC4(CNC(=O)O4)C3)c12. The van der Waals surface area contributed by atoms with Gasteiger partial charge in [0.15, 0.2) is 5.82 Å². The summed E-state index contributed by atoms with van der Waals surface area (Å²) in [5, 5.41) is 11.4. The molecule has 0 radical (unpaired) electrons. The number of aromatic nitrogens is 5. The maximum atomic E-state index is 17.3. The molecule has 13 nitrogen and oxygen atoms in total. The number of H-pyrrole nitrogens is 1. The van der Waals surface area contributed by atoms with Gasteiger partial charge in [0.05, 0.1) is 44.6 Å². The van der Waals surface area contributed by atoms with Crippen molar-refractivity contribution in [2.24, 2.45) is 5.41 Å². The maximum absolute atomic E-state index is 17.3. The fourth-order valence-corrected chi connectivity index (χ4v) is 9.98. The zero-order valence-electron chi connectivity index (χ0n) is 29.8. The molecule has 1 spiro atoms. The number of likely N-dealkylation sites (tertiary alicyclic amines) is 1. The van der Waals surface area contributed by atoms with Crippen molar-refractivity contribution in [3.05, 3.63) is 28.7 Å². The van der Waals surface area contributed by atoms with Gasteiger partial charge in [-0.25, -0.2) is 14.2 Å². The van der Waals surface area contributed by atoms with Crippen molar-refractivity contribution in [3.8, 4) is 23.1 Å². The first-order chi connectivity index (χ1) is 25.2. The molecule has 2 aliphatic carbocycles. The van der Waals surface area contributed by atoms with Crippen molar-refractivity contribution in [2.45, 2.75) is 88.5 Å². The number of rotatable bonds is 8. The topological polar surface area (TPSA) is 140 Å². The molecule has 9 rings (SSSR count). The third kappa shape index (κ3) is 5.43. The molecule has 6 heterocycles. The van der Waals surface area contributed by atoms with Crippen molar-refractivity contribution in [3.63, 3.8) is 0 Å². The van der Waals surface area contributed by atoms with Crippen molar-refractivity contribution in [2.75, 3.05) is 51.9 Å². The van der Waals surface area contributed by atoms with Gasteiger partial charge in [0.1, 0.15) is 28.0 Å². The molecule has 5 aliphatic rings. The van der Waals surface area contributed by atoms with E-state index in [2.05, 4.69) is 20.4 Å². The zero-order valence-corrected chi connectivity index (χ0v) is 30.5. The number of benzene rings is 1. The van der Waals surface area contributed by atoms with Gasteiger partial charge in [0, 0.05) is 47.1 Å². The summed E-state index contributed by atoms with van der Waals surface area (Å²) in [6.45, 7) is 4.70. The number of methoxy groups -OCH3 is 2. The Morgan fingerprint density at radius 2 is 1.94 bits per heavy atom. The van der Waals surface area contributed by atoms with Gasteiger partial charge >= 0.3 is 12.1 Å². The lowest BCUT2D eigenvalue weighted by Crippen LogP contribution is -2.59. The minimum atomic E-state index is -0.734. The van der Waals surface area contributed by atoms with E-state index in [4.69, 9.17) is 45.5 Å². The minimum absolute atomic E-state index is 0.0323. The van der Waals surface area contributed by atoms with Crippen LogP contribution in [0.4, 0.5) is 15.0 Å². The summed E-state index contributed by atoms with van der Waals surface area (Å²) < 4.78 is 41.3. The third-order valence-electron chi connectivity index (χ3n) is 12.5. The van der Waals surface area contributed by atoms with Crippen molar-refractivity contribution < 1.29 is 28.1 Å². The molecule has 4 aromatic rings. The number of hydrogen-bond donors (Lipinski definition) is 2. The highest BCUT2D eigenvalue weighted by Gasteiger charge is 2.52. The molecule has 3 aliphatic heterocycles. The van der Waals surface area contributed by atoms with Crippen LogP contribution in [0.2, 0.25) is 5.02 Å². The van der Waals surface area contributed by atoms with E-state index >= 15 is 4.39 Å². The molecule has 2 N–H and O–H groups in total. The van der Waals surface area contributed by atoms with Crippen LogP contribution in [0.1, 0.15) is 63.4 Å². The Balaban J connectivity index is 1.15. The van der Waals surface area contributed by atoms with Gasteiger partial charge < -0.3 is 29.2 Å². The van der Waals surface area contributed by atoms with Gasteiger partial charge in [-0.2, -0.15) is 15.1 Å². The predicted molar refractivity (Wildman–Crippen MR) is 193 cm³/mol. The van der Waals surface area contributed by atoms with Crippen LogP contribution < -0.4 is 19.7 Å². The molecule has 3 unspecified atom stereocenters. The van der Waals surface area contributed by atoms with Crippen LogP contribution in [0.25, 0.3) is 33.1 Å². The number of anilines is 1. The molecule has 15 heteroatoms. The highest BCUT2D eigenvalue weighted by molar-refractivity contribution is 6.33. The van der Waals surface area contributed by atoms with Gasteiger partial charge in [-0.3, -0.25) is 10.00 Å². The average Bonchev–Trinajstić information content (AvgIpc) is 3.87. The first kappa shape index (κ1) is 33.8.